The standard InChI is InChI=1S/C27H35ClN4O4Si/c1-17-29-22-10-7-19(13-23(22)36-17)21-14-32(16-34-11-12-37(2,3)4)25-24(21)26(31-27(28)30-25)35-15-18-5-8-20(33)9-6-18/h7,10,13-14,18,20,33H,5-6,8-9,11-12,15-16H2,1-4H3. The predicted octanol–water partition coefficient (Wildman–Crippen LogP) is 6.44. The average molecular weight is 543 g/mol. The summed E-state index contributed by atoms with van der Waals surface area (Å²) in [6, 6.07) is 7.05. The Kier molecular flexibility index (Phi) is 7.58. The van der Waals surface area contributed by atoms with Crippen LogP contribution in [0.5, 0.6) is 5.88 Å². The van der Waals surface area contributed by atoms with Gasteiger partial charge >= 0.3 is 0 Å². The Balaban J connectivity index is 1.51. The number of oxazole rings is 1. The van der Waals surface area contributed by atoms with Crippen LogP contribution >= 0.6 is 11.6 Å². The largest absolute Gasteiger partial charge is 0.477 e. The molecule has 0 aliphatic heterocycles. The minimum absolute atomic E-state index is 0.135. The molecule has 1 saturated carbocycles. The summed E-state index contributed by atoms with van der Waals surface area (Å²) in [5.74, 6) is 1.46. The first-order valence-electron chi connectivity index (χ1n) is 13.0. The van der Waals surface area contributed by atoms with Gasteiger partial charge in [-0.1, -0.05) is 25.7 Å². The molecule has 0 spiro atoms. The number of hydrogen-bond acceptors (Lipinski definition) is 7. The third-order valence-corrected chi connectivity index (χ3v) is 8.83. The van der Waals surface area contributed by atoms with Crippen LogP contribution in [0.4, 0.5) is 0 Å². The lowest BCUT2D eigenvalue weighted by Crippen LogP contribution is -2.22. The highest BCUT2D eigenvalue weighted by atomic mass is 35.5. The van der Waals surface area contributed by atoms with Crippen molar-refractivity contribution in [3.05, 3.63) is 35.6 Å². The van der Waals surface area contributed by atoms with Gasteiger partial charge in [0.2, 0.25) is 11.2 Å². The van der Waals surface area contributed by atoms with Crippen molar-refractivity contribution in [3.8, 4) is 17.0 Å². The van der Waals surface area contributed by atoms with Gasteiger partial charge in [-0.2, -0.15) is 9.97 Å². The van der Waals surface area contributed by atoms with Gasteiger partial charge in [0.05, 0.1) is 18.1 Å². The van der Waals surface area contributed by atoms with Crippen molar-refractivity contribution in [3.63, 3.8) is 0 Å². The maximum absolute atomic E-state index is 9.86. The van der Waals surface area contributed by atoms with Crippen LogP contribution in [0.1, 0.15) is 31.6 Å². The molecule has 0 amide bonds. The Morgan fingerprint density at radius 1 is 1.14 bits per heavy atom. The zero-order valence-electron chi connectivity index (χ0n) is 22.0. The fraction of sp³-hybridized carbons (Fsp3) is 0.519. The maximum Gasteiger partial charge on any atom is 0.228 e. The predicted molar refractivity (Wildman–Crippen MR) is 148 cm³/mol. The Morgan fingerprint density at radius 2 is 1.92 bits per heavy atom. The summed E-state index contributed by atoms with van der Waals surface area (Å²) in [4.78, 5) is 13.5. The van der Waals surface area contributed by atoms with E-state index in [4.69, 9.17) is 25.5 Å². The van der Waals surface area contributed by atoms with Crippen LogP contribution in [0.15, 0.2) is 28.8 Å². The number of fused-ring (bicyclic) bond motifs is 2. The van der Waals surface area contributed by atoms with Gasteiger partial charge in [0, 0.05) is 33.4 Å². The minimum atomic E-state index is -1.20. The Labute approximate surface area is 223 Å². The molecule has 10 heteroatoms. The molecule has 0 saturated heterocycles. The molecular formula is C27H35ClN4O4Si. The molecule has 1 aliphatic carbocycles. The first kappa shape index (κ1) is 26.2. The first-order chi connectivity index (χ1) is 17.7. The third-order valence-electron chi connectivity index (χ3n) is 6.96. The highest BCUT2D eigenvalue weighted by Crippen LogP contribution is 2.38. The first-order valence-corrected chi connectivity index (χ1v) is 17.1. The molecule has 0 atom stereocenters. The minimum Gasteiger partial charge on any atom is -0.477 e. The molecule has 1 N–H and O–H groups in total. The van der Waals surface area contributed by atoms with Crippen LogP contribution in [0.2, 0.25) is 31.0 Å². The van der Waals surface area contributed by atoms with Crippen molar-refractivity contribution < 1.29 is 19.0 Å². The Hall–Kier alpha value is -2.46. The number of aliphatic hydroxyl groups excluding tert-OH is 1. The smallest absolute Gasteiger partial charge is 0.228 e. The van der Waals surface area contributed by atoms with Gasteiger partial charge in [-0.15, -0.1) is 0 Å². The quantitative estimate of drug-likeness (QED) is 0.148. The average Bonchev–Trinajstić information content (AvgIpc) is 3.39. The molecule has 1 aromatic carbocycles. The van der Waals surface area contributed by atoms with E-state index in [-0.39, 0.29) is 11.4 Å². The number of benzene rings is 1. The summed E-state index contributed by atoms with van der Waals surface area (Å²) >= 11 is 6.39. The number of ether oxygens (including phenoxy) is 2. The van der Waals surface area contributed by atoms with Crippen molar-refractivity contribution in [2.75, 3.05) is 13.2 Å². The summed E-state index contributed by atoms with van der Waals surface area (Å²) in [6.07, 6.45) is 5.31. The molecule has 37 heavy (non-hydrogen) atoms. The van der Waals surface area contributed by atoms with Gasteiger partial charge in [-0.3, -0.25) is 0 Å². The molecule has 1 aliphatic rings. The van der Waals surface area contributed by atoms with Crippen LogP contribution < -0.4 is 4.74 Å². The number of aliphatic hydroxyl groups is 1. The number of halogens is 1. The lowest BCUT2D eigenvalue weighted by atomic mass is 9.88. The third kappa shape index (κ3) is 6.17. The number of nitrogens with zero attached hydrogens (tertiary/aromatic N) is 4. The van der Waals surface area contributed by atoms with Gasteiger partial charge in [0.15, 0.2) is 17.1 Å². The van der Waals surface area contributed by atoms with E-state index in [9.17, 15) is 5.11 Å². The van der Waals surface area contributed by atoms with E-state index in [2.05, 4.69) is 34.6 Å². The molecule has 8 nitrogen and oxygen atoms in total. The summed E-state index contributed by atoms with van der Waals surface area (Å²) in [6.45, 7) is 10.4. The van der Waals surface area contributed by atoms with Gasteiger partial charge in [-0.05, 0) is 66.9 Å². The van der Waals surface area contributed by atoms with Gasteiger partial charge in [0.1, 0.15) is 12.2 Å². The van der Waals surface area contributed by atoms with Crippen molar-refractivity contribution >= 4 is 41.8 Å². The van der Waals surface area contributed by atoms with E-state index in [0.717, 1.165) is 59.3 Å². The Morgan fingerprint density at radius 3 is 2.68 bits per heavy atom. The van der Waals surface area contributed by atoms with E-state index in [0.29, 0.717) is 43.3 Å². The van der Waals surface area contributed by atoms with Gasteiger partial charge < -0.3 is 23.6 Å². The Bertz CT molecular complexity index is 1390. The summed E-state index contributed by atoms with van der Waals surface area (Å²) < 4.78 is 20.2. The lowest BCUT2D eigenvalue weighted by Gasteiger charge is -2.25. The summed E-state index contributed by atoms with van der Waals surface area (Å²) in [5.41, 5.74) is 4.08. The molecule has 0 radical (unpaired) electrons. The second-order valence-electron chi connectivity index (χ2n) is 11.3. The zero-order valence-corrected chi connectivity index (χ0v) is 23.7. The van der Waals surface area contributed by atoms with Crippen LogP contribution in [0.3, 0.4) is 0 Å². The molecule has 0 bridgehead atoms. The van der Waals surface area contributed by atoms with E-state index in [1.54, 1.807) is 0 Å². The normalized spacial score (nSPS) is 18.6. The van der Waals surface area contributed by atoms with Gasteiger partial charge in [0.25, 0.3) is 0 Å². The molecule has 0 unspecified atom stereocenters. The summed E-state index contributed by atoms with van der Waals surface area (Å²) in [7, 11) is -1.20. The SMILES string of the molecule is Cc1nc2ccc(-c3cn(COCC[Si](C)(C)C)c4nc(Cl)nc(OCC5CCC(O)CC5)c34)cc2o1. The highest BCUT2D eigenvalue weighted by Gasteiger charge is 2.24. The fourth-order valence-corrected chi connectivity index (χ4v) is 5.72. The second-order valence-corrected chi connectivity index (χ2v) is 17.2. The van der Waals surface area contributed by atoms with E-state index in [1.165, 1.54) is 0 Å². The monoisotopic (exact) mass is 542 g/mol. The van der Waals surface area contributed by atoms with Gasteiger partial charge in [-0.25, -0.2) is 4.98 Å². The van der Waals surface area contributed by atoms with Crippen LogP contribution in [-0.4, -0.2) is 52.0 Å². The number of aryl methyl sites for hydroxylation is 1. The number of rotatable bonds is 9. The number of hydrogen-bond donors (Lipinski definition) is 1. The van der Waals surface area contributed by atoms with Crippen molar-refractivity contribution in [1.82, 2.24) is 19.5 Å². The molecule has 3 heterocycles. The molecule has 198 valence electrons. The van der Waals surface area contributed by atoms with Crippen molar-refractivity contribution in [1.29, 1.82) is 0 Å². The van der Waals surface area contributed by atoms with Crippen LogP contribution in [-0.2, 0) is 11.5 Å². The van der Waals surface area contributed by atoms with Crippen molar-refractivity contribution in [2.45, 2.75) is 71.1 Å². The molecule has 4 aromatic rings. The summed E-state index contributed by atoms with van der Waals surface area (Å²) in [5, 5.41) is 10.8. The fourth-order valence-electron chi connectivity index (χ4n) is 4.81. The molecule has 3 aromatic heterocycles. The lowest BCUT2D eigenvalue weighted by molar-refractivity contribution is 0.0897. The zero-order chi connectivity index (χ0) is 26.2. The topological polar surface area (TPSA) is 95.4 Å². The molecule has 1 fully saturated rings. The maximum atomic E-state index is 9.86. The van der Waals surface area contributed by atoms with Crippen molar-refractivity contribution in [2.24, 2.45) is 5.92 Å². The number of aromatic nitrogens is 4. The van der Waals surface area contributed by atoms with E-state index in [1.807, 2.05) is 35.9 Å². The van der Waals surface area contributed by atoms with Crippen LogP contribution in [0, 0.1) is 12.8 Å². The molecule has 5 rings (SSSR count). The molecular weight excluding hydrogens is 508 g/mol. The van der Waals surface area contributed by atoms with E-state index >= 15 is 0 Å². The highest BCUT2D eigenvalue weighted by molar-refractivity contribution is 6.76. The van der Waals surface area contributed by atoms with Crippen LogP contribution in [0.25, 0.3) is 33.3 Å². The van der Waals surface area contributed by atoms with E-state index < -0.39 is 8.07 Å². The second kappa shape index (κ2) is 10.7.